The van der Waals surface area contributed by atoms with Gasteiger partial charge in [0.2, 0.25) is 0 Å². The Bertz CT molecular complexity index is 841. The second-order valence-electron chi connectivity index (χ2n) is 4.76. The summed E-state index contributed by atoms with van der Waals surface area (Å²) in [5, 5.41) is 1.69. The first-order chi connectivity index (χ1) is 11.1. The molecule has 1 heterocycles. The number of aromatic nitrogens is 2. The average Bonchev–Trinajstić information content (AvgIpc) is 2.94. The molecule has 0 unspecified atom stereocenters. The fourth-order valence-corrected chi connectivity index (χ4v) is 3.36. The minimum atomic E-state index is -0.343. The van der Waals surface area contributed by atoms with Crippen LogP contribution < -0.4 is 0 Å². The molecule has 1 aromatic heterocycles. The highest BCUT2D eigenvalue weighted by atomic mass is 35.5. The number of benzene rings is 2. The summed E-state index contributed by atoms with van der Waals surface area (Å²) in [6, 6.07) is 10.8. The second kappa shape index (κ2) is 6.83. The van der Waals surface area contributed by atoms with Crippen molar-refractivity contribution in [2.75, 3.05) is 7.11 Å². The van der Waals surface area contributed by atoms with Crippen molar-refractivity contribution in [1.82, 2.24) is 9.97 Å². The largest absolute Gasteiger partial charge is 0.465 e. The van der Waals surface area contributed by atoms with E-state index in [1.54, 1.807) is 18.2 Å². The van der Waals surface area contributed by atoms with Gasteiger partial charge in [-0.05, 0) is 23.8 Å². The number of carbonyl (C=O) groups excluding carboxylic acids is 1. The molecule has 0 saturated carbocycles. The van der Waals surface area contributed by atoms with Crippen LogP contribution in [0.4, 0.5) is 0 Å². The van der Waals surface area contributed by atoms with Gasteiger partial charge in [0.25, 0.3) is 0 Å². The van der Waals surface area contributed by atoms with E-state index in [0.717, 1.165) is 21.8 Å². The van der Waals surface area contributed by atoms with Crippen LogP contribution in [0.3, 0.4) is 0 Å². The number of hydrogen-bond donors (Lipinski definition) is 1. The normalized spacial score (nSPS) is 10.9. The molecule has 0 aliphatic rings. The Morgan fingerprint density at radius 2 is 2.00 bits per heavy atom. The van der Waals surface area contributed by atoms with Gasteiger partial charge in [-0.15, -0.1) is 0 Å². The monoisotopic (exact) mass is 366 g/mol. The van der Waals surface area contributed by atoms with Gasteiger partial charge in [0, 0.05) is 5.75 Å². The quantitative estimate of drug-likeness (QED) is 0.524. The van der Waals surface area contributed by atoms with E-state index in [1.807, 2.05) is 18.2 Å². The van der Waals surface area contributed by atoms with Crippen molar-refractivity contribution < 1.29 is 9.53 Å². The molecule has 0 saturated heterocycles. The number of rotatable bonds is 4. The van der Waals surface area contributed by atoms with Gasteiger partial charge in [0.1, 0.15) is 0 Å². The number of hydrogen-bond acceptors (Lipinski definition) is 4. The topological polar surface area (TPSA) is 55.0 Å². The van der Waals surface area contributed by atoms with Gasteiger partial charge in [-0.1, -0.05) is 53.2 Å². The molecule has 0 bridgehead atoms. The Kier molecular flexibility index (Phi) is 4.80. The zero-order chi connectivity index (χ0) is 16.4. The lowest BCUT2D eigenvalue weighted by molar-refractivity contribution is 0.0600. The summed E-state index contributed by atoms with van der Waals surface area (Å²) in [6.07, 6.45) is 0. The summed E-state index contributed by atoms with van der Waals surface area (Å²) >= 11 is 13.5. The molecular weight excluding hydrogens is 355 g/mol. The standard InChI is InChI=1S/C16H12Cl2N2O2S/c1-22-15(21)10-5-3-2-4-9(10)8-23-16-19-13-6-11(17)12(18)7-14(13)20-16/h2-7H,8H2,1H3,(H,19,20). The molecule has 0 fully saturated rings. The average molecular weight is 367 g/mol. The molecule has 0 radical (unpaired) electrons. The van der Waals surface area contributed by atoms with Crippen LogP contribution in [0.15, 0.2) is 41.6 Å². The second-order valence-corrected chi connectivity index (χ2v) is 6.54. The van der Waals surface area contributed by atoms with Crippen molar-refractivity contribution in [2.45, 2.75) is 10.9 Å². The van der Waals surface area contributed by atoms with Crippen molar-refractivity contribution in [2.24, 2.45) is 0 Å². The highest BCUT2D eigenvalue weighted by Crippen LogP contribution is 2.30. The Hall–Kier alpha value is -1.69. The summed E-state index contributed by atoms with van der Waals surface area (Å²) in [5.41, 5.74) is 3.02. The third kappa shape index (κ3) is 3.47. The number of esters is 1. The number of fused-ring (bicyclic) bond motifs is 1. The van der Waals surface area contributed by atoms with Gasteiger partial charge in [0.05, 0.1) is 33.8 Å². The number of methoxy groups -OCH3 is 1. The van der Waals surface area contributed by atoms with E-state index in [2.05, 4.69) is 9.97 Å². The van der Waals surface area contributed by atoms with Crippen molar-refractivity contribution in [1.29, 1.82) is 0 Å². The van der Waals surface area contributed by atoms with Gasteiger partial charge in [0.15, 0.2) is 5.16 Å². The predicted octanol–water partition coefficient (Wildman–Crippen LogP) is 4.95. The molecule has 3 aromatic rings. The Balaban J connectivity index is 1.83. The SMILES string of the molecule is COC(=O)c1ccccc1CSc1nc2cc(Cl)c(Cl)cc2[nH]1. The summed E-state index contributed by atoms with van der Waals surface area (Å²) < 4.78 is 4.80. The summed E-state index contributed by atoms with van der Waals surface area (Å²) in [7, 11) is 1.37. The molecule has 2 aromatic carbocycles. The zero-order valence-corrected chi connectivity index (χ0v) is 14.4. The van der Waals surface area contributed by atoms with E-state index >= 15 is 0 Å². The molecule has 118 valence electrons. The maximum absolute atomic E-state index is 11.8. The van der Waals surface area contributed by atoms with Crippen molar-refractivity contribution >= 4 is 52.0 Å². The molecule has 4 nitrogen and oxygen atoms in total. The molecule has 0 aliphatic heterocycles. The highest BCUT2D eigenvalue weighted by Gasteiger charge is 2.12. The number of nitrogens with zero attached hydrogens (tertiary/aromatic N) is 1. The van der Waals surface area contributed by atoms with E-state index in [1.165, 1.54) is 18.9 Å². The van der Waals surface area contributed by atoms with Crippen LogP contribution in [0.25, 0.3) is 11.0 Å². The first-order valence-corrected chi connectivity index (χ1v) is 8.46. The smallest absolute Gasteiger partial charge is 0.338 e. The molecule has 1 N–H and O–H groups in total. The number of halogens is 2. The van der Waals surface area contributed by atoms with E-state index < -0.39 is 0 Å². The Morgan fingerprint density at radius 3 is 2.78 bits per heavy atom. The van der Waals surface area contributed by atoms with Gasteiger partial charge in [-0.2, -0.15) is 0 Å². The van der Waals surface area contributed by atoms with Gasteiger partial charge in [-0.3, -0.25) is 0 Å². The predicted molar refractivity (Wildman–Crippen MR) is 93.5 cm³/mol. The minimum Gasteiger partial charge on any atom is -0.465 e. The summed E-state index contributed by atoms with van der Waals surface area (Å²) in [5.74, 6) is 0.247. The molecule has 0 atom stereocenters. The minimum absolute atomic E-state index is 0.343. The molecule has 0 amide bonds. The van der Waals surface area contributed by atoms with Crippen molar-refractivity contribution in [3.63, 3.8) is 0 Å². The molecule has 7 heteroatoms. The number of ether oxygens (including phenoxy) is 1. The van der Waals surface area contributed by atoms with Crippen molar-refractivity contribution in [3.05, 3.63) is 57.6 Å². The fourth-order valence-electron chi connectivity index (χ4n) is 2.15. The lowest BCUT2D eigenvalue weighted by Gasteiger charge is -2.06. The van der Waals surface area contributed by atoms with Gasteiger partial charge >= 0.3 is 5.97 Å². The van der Waals surface area contributed by atoms with Crippen LogP contribution in [0.5, 0.6) is 0 Å². The molecule has 23 heavy (non-hydrogen) atoms. The number of aromatic amines is 1. The summed E-state index contributed by atoms with van der Waals surface area (Å²) in [6.45, 7) is 0. The fraction of sp³-hybridized carbons (Fsp3) is 0.125. The molecule has 0 spiro atoms. The highest BCUT2D eigenvalue weighted by molar-refractivity contribution is 7.98. The number of H-pyrrole nitrogens is 1. The number of carbonyl (C=O) groups is 1. The van der Waals surface area contributed by atoms with Crippen LogP contribution >= 0.6 is 35.0 Å². The van der Waals surface area contributed by atoms with E-state index in [4.69, 9.17) is 27.9 Å². The van der Waals surface area contributed by atoms with Crippen LogP contribution in [0.2, 0.25) is 10.0 Å². The maximum atomic E-state index is 11.8. The van der Waals surface area contributed by atoms with Gasteiger partial charge < -0.3 is 9.72 Å². The number of thioether (sulfide) groups is 1. The van der Waals surface area contributed by atoms with Crippen LogP contribution in [-0.2, 0) is 10.5 Å². The summed E-state index contributed by atoms with van der Waals surface area (Å²) in [4.78, 5) is 19.4. The Morgan fingerprint density at radius 1 is 1.26 bits per heavy atom. The first-order valence-electron chi connectivity index (χ1n) is 6.72. The Labute approximate surface area is 147 Å². The van der Waals surface area contributed by atoms with Crippen LogP contribution in [0.1, 0.15) is 15.9 Å². The molecular formula is C16H12Cl2N2O2S. The molecule has 0 aliphatic carbocycles. The lowest BCUT2D eigenvalue weighted by Crippen LogP contribution is -2.04. The van der Waals surface area contributed by atoms with Crippen LogP contribution in [-0.4, -0.2) is 23.0 Å². The molecule has 3 rings (SSSR count). The van der Waals surface area contributed by atoms with E-state index in [-0.39, 0.29) is 5.97 Å². The zero-order valence-electron chi connectivity index (χ0n) is 12.1. The van der Waals surface area contributed by atoms with E-state index in [0.29, 0.717) is 21.4 Å². The number of imidazole rings is 1. The van der Waals surface area contributed by atoms with Gasteiger partial charge in [-0.25, -0.2) is 9.78 Å². The third-order valence-electron chi connectivity index (χ3n) is 3.29. The van der Waals surface area contributed by atoms with Crippen molar-refractivity contribution in [3.8, 4) is 0 Å². The van der Waals surface area contributed by atoms with Crippen LogP contribution in [0, 0.1) is 0 Å². The maximum Gasteiger partial charge on any atom is 0.338 e. The third-order valence-corrected chi connectivity index (χ3v) is 4.93. The first kappa shape index (κ1) is 16.2. The number of nitrogens with one attached hydrogen (secondary N) is 1. The lowest BCUT2D eigenvalue weighted by atomic mass is 10.1. The van der Waals surface area contributed by atoms with E-state index in [9.17, 15) is 4.79 Å².